The van der Waals surface area contributed by atoms with E-state index in [1.54, 1.807) is 12.1 Å². The Hall–Kier alpha value is -4.28. The second-order valence-corrected chi connectivity index (χ2v) is 4.03. The molecule has 22 heavy (non-hydrogen) atoms. The molecule has 2 heterocycles. The van der Waals surface area contributed by atoms with Crippen LogP contribution in [-0.4, -0.2) is 5.12 Å². The van der Waals surface area contributed by atoms with Crippen LogP contribution >= 0.6 is 0 Å². The summed E-state index contributed by atoms with van der Waals surface area (Å²) in [5.41, 5.74) is 2.81. The number of hydrogen-bond acceptors (Lipinski definition) is 10. The number of rotatable bonds is 0. The lowest BCUT2D eigenvalue weighted by Crippen LogP contribution is -2.28. The van der Waals surface area contributed by atoms with E-state index in [-0.39, 0.29) is 39.3 Å². The van der Waals surface area contributed by atoms with Crippen LogP contribution in [0.15, 0.2) is 26.6 Å². The maximum atomic E-state index is 9.33. The molecule has 0 amide bonds. The van der Waals surface area contributed by atoms with E-state index >= 15 is 0 Å². The summed E-state index contributed by atoms with van der Waals surface area (Å²) in [4.78, 5) is 0. The minimum atomic E-state index is -0.166. The van der Waals surface area contributed by atoms with Crippen molar-refractivity contribution >= 4 is 11.8 Å². The van der Waals surface area contributed by atoms with Crippen LogP contribution in [0.5, 0.6) is 0 Å². The Labute approximate surface area is 123 Å². The van der Waals surface area contributed by atoms with E-state index in [0.717, 1.165) is 5.12 Å². The second-order valence-electron chi connectivity index (χ2n) is 4.03. The molecule has 100 valence electrons. The van der Waals surface area contributed by atoms with Crippen LogP contribution in [-0.2, 0) is 0 Å². The van der Waals surface area contributed by atoms with Crippen molar-refractivity contribution in [2.24, 2.45) is 20.8 Å². The maximum absolute atomic E-state index is 9.33. The molecule has 2 aliphatic rings. The fourth-order valence-corrected chi connectivity index (χ4v) is 2.10. The predicted octanol–water partition coefficient (Wildman–Crippen LogP) is 1.86. The smallest absolute Gasteiger partial charge is 0.198 e. The summed E-state index contributed by atoms with van der Waals surface area (Å²) in [5, 5.41) is 52.3. The van der Waals surface area contributed by atoms with Crippen LogP contribution in [0.3, 0.4) is 0 Å². The third-order valence-electron chi connectivity index (χ3n) is 3.01. The number of nitriles is 4. The van der Waals surface area contributed by atoms with E-state index in [4.69, 9.17) is 0 Å². The third-order valence-corrected chi connectivity index (χ3v) is 3.01. The average Bonchev–Trinajstić information content (AvgIpc) is 2.57. The summed E-state index contributed by atoms with van der Waals surface area (Å²) >= 11 is 0. The Bertz CT molecular complexity index is 954. The SMILES string of the molecule is N#Cc1c(C#N)c(C#N)c2c(c1C#N)C=C1N=NN=NN1N2. The van der Waals surface area contributed by atoms with Gasteiger partial charge in [-0.3, -0.25) is 5.43 Å². The van der Waals surface area contributed by atoms with Gasteiger partial charge >= 0.3 is 0 Å². The largest absolute Gasteiger partial charge is 0.273 e. The Morgan fingerprint density at radius 3 is 2.14 bits per heavy atom. The van der Waals surface area contributed by atoms with Crippen molar-refractivity contribution in [2.75, 3.05) is 5.43 Å². The van der Waals surface area contributed by atoms with Crippen molar-refractivity contribution in [3.63, 3.8) is 0 Å². The molecule has 0 fully saturated rings. The number of nitrogens with zero attached hydrogens (tertiary/aromatic N) is 9. The first-order valence-corrected chi connectivity index (χ1v) is 5.69. The van der Waals surface area contributed by atoms with E-state index in [1.165, 1.54) is 6.08 Å². The van der Waals surface area contributed by atoms with Gasteiger partial charge in [-0.2, -0.15) is 21.0 Å². The highest BCUT2D eigenvalue weighted by Crippen LogP contribution is 2.37. The summed E-state index contributed by atoms with van der Waals surface area (Å²) < 4.78 is 0. The Morgan fingerprint density at radius 1 is 0.864 bits per heavy atom. The van der Waals surface area contributed by atoms with Gasteiger partial charge in [0.25, 0.3) is 0 Å². The van der Waals surface area contributed by atoms with Crippen LogP contribution in [0, 0.1) is 45.3 Å². The monoisotopic (exact) mass is 286 g/mol. The molecule has 1 aromatic rings. The normalized spacial score (nSPS) is 13.5. The first-order chi connectivity index (χ1) is 10.7. The van der Waals surface area contributed by atoms with Gasteiger partial charge in [-0.05, 0) is 21.7 Å². The minimum Gasteiger partial charge on any atom is -0.273 e. The lowest BCUT2D eigenvalue weighted by atomic mass is 9.90. The molecule has 0 unspecified atom stereocenters. The summed E-state index contributed by atoms with van der Waals surface area (Å²) in [6.07, 6.45) is 1.44. The molecule has 0 saturated heterocycles. The number of hydrazine groups is 1. The van der Waals surface area contributed by atoms with Crippen molar-refractivity contribution < 1.29 is 0 Å². The van der Waals surface area contributed by atoms with E-state index in [9.17, 15) is 21.0 Å². The van der Waals surface area contributed by atoms with Gasteiger partial charge in [0.15, 0.2) is 5.82 Å². The van der Waals surface area contributed by atoms with Crippen LogP contribution in [0.2, 0.25) is 0 Å². The van der Waals surface area contributed by atoms with Gasteiger partial charge in [-0.25, -0.2) is 0 Å². The second kappa shape index (κ2) is 4.68. The van der Waals surface area contributed by atoms with E-state index in [0.29, 0.717) is 0 Å². The first-order valence-electron chi connectivity index (χ1n) is 5.69. The highest BCUT2D eigenvalue weighted by molar-refractivity contribution is 5.85. The van der Waals surface area contributed by atoms with Gasteiger partial charge in [0, 0.05) is 5.56 Å². The highest BCUT2D eigenvalue weighted by atomic mass is 15.8. The van der Waals surface area contributed by atoms with E-state index < -0.39 is 0 Å². The number of benzene rings is 1. The van der Waals surface area contributed by atoms with E-state index in [2.05, 4.69) is 26.2 Å². The molecular formula is C12H2N10. The molecule has 10 heteroatoms. The molecule has 0 bridgehead atoms. The maximum Gasteiger partial charge on any atom is 0.198 e. The molecule has 0 saturated carbocycles. The fourth-order valence-electron chi connectivity index (χ4n) is 2.10. The zero-order chi connectivity index (χ0) is 15.7. The molecule has 1 N–H and O–H groups in total. The van der Waals surface area contributed by atoms with Crippen LogP contribution in [0.25, 0.3) is 6.08 Å². The van der Waals surface area contributed by atoms with Crippen LogP contribution in [0.4, 0.5) is 5.69 Å². The Balaban J connectivity index is 2.44. The molecule has 10 nitrogen and oxygen atoms in total. The Morgan fingerprint density at radius 2 is 1.50 bits per heavy atom. The minimum absolute atomic E-state index is 0.0228. The van der Waals surface area contributed by atoms with Gasteiger partial charge in [0.2, 0.25) is 0 Å². The predicted molar refractivity (Wildman–Crippen MR) is 68.5 cm³/mol. The number of hydrogen-bond donors (Lipinski definition) is 1. The van der Waals surface area contributed by atoms with Gasteiger partial charge < -0.3 is 0 Å². The first kappa shape index (κ1) is 12.7. The summed E-state index contributed by atoms with van der Waals surface area (Å²) in [5.74, 6) is 0.233. The molecule has 0 atom stereocenters. The Kier molecular flexibility index (Phi) is 2.71. The van der Waals surface area contributed by atoms with Crippen molar-refractivity contribution in [3.05, 3.63) is 33.6 Å². The molecule has 0 radical (unpaired) electrons. The number of anilines is 1. The van der Waals surface area contributed by atoms with Crippen LogP contribution < -0.4 is 5.43 Å². The van der Waals surface area contributed by atoms with Gasteiger partial charge in [-0.15, -0.1) is 10.2 Å². The third kappa shape index (κ3) is 1.56. The fraction of sp³-hybridized carbons (Fsp3) is 0. The lowest BCUT2D eigenvalue weighted by Gasteiger charge is -2.27. The summed E-state index contributed by atoms with van der Waals surface area (Å²) in [6, 6.07) is 7.34. The van der Waals surface area contributed by atoms with Crippen molar-refractivity contribution in [2.45, 2.75) is 0 Å². The summed E-state index contributed by atoms with van der Waals surface area (Å²) in [7, 11) is 0. The van der Waals surface area contributed by atoms with Crippen molar-refractivity contribution in [1.29, 1.82) is 21.0 Å². The van der Waals surface area contributed by atoms with Crippen molar-refractivity contribution in [1.82, 2.24) is 5.12 Å². The number of nitrogens with one attached hydrogen (secondary N) is 1. The molecular weight excluding hydrogens is 284 g/mol. The quantitative estimate of drug-likeness (QED) is 0.765. The average molecular weight is 286 g/mol. The van der Waals surface area contributed by atoms with Crippen LogP contribution in [0.1, 0.15) is 27.8 Å². The van der Waals surface area contributed by atoms with Gasteiger partial charge in [0.1, 0.15) is 24.3 Å². The molecule has 0 spiro atoms. The van der Waals surface area contributed by atoms with Gasteiger partial charge in [0.05, 0.1) is 27.9 Å². The zero-order valence-corrected chi connectivity index (χ0v) is 10.6. The standard InChI is InChI=1S/C12H2N10/c13-2-7-6-1-11-17-19-20-21-22(11)18-12(6)10(5-16)9(4-15)8(7)3-14/h1,18H. The molecule has 1 aromatic carbocycles. The molecule has 0 aromatic heterocycles. The lowest BCUT2D eigenvalue weighted by molar-refractivity contribution is 0.369. The van der Waals surface area contributed by atoms with Crippen molar-refractivity contribution in [3.8, 4) is 24.3 Å². The zero-order valence-electron chi connectivity index (χ0n) is 10.6. The molecule has 3 rings (SSSR count). The number of fused-ring (bicyclic) bond motifs is 2. The van der Waals surface area contributed by atoms with E-state index in [1.807, 2.05) is 12.1 Å². The summed E-state index contributed by atoms with van der Waals surface area (Å²) in [6.45, 7) is 0. The van der Waals surface area contributed by atoms with Gasteiger partial charge in [-0.1, -0.05) is 0 Å². The topological polar surface area (TPSA) is 160 Å². The molecule has 2 aliphatic heterocycles. The highest BCUT2D eigenvalue weighted by Gasteiger charge is 2.29. The molecule has 0 aliphatic carbocycles.